The minimum Gasteiger partial charge on any atom is -0.271 e. The quantitative estimate of drug-likeness (QED) is 0.672. The molecule has 0 unspecified atom stereocenters. The van der Waals surface area contributed by atoms with E-state index in [1.807, 2.05) is 11.7 Å². The molecule has 9 heavy (non-hydrogen) atoms. The molecule has 0 aliphatic heterocycles. The molecule has 0 N–H and O–H groups in total. The fourth-order valence-corrected chi connectivity index (χ4v) is 1.61. The number of aromatic nitrogens is 2. The van der Waals surface area contributed by atoms with Crippen molar-refractivity contribution < 1.29 is 0 Å². The van der Waals surface area contributed by atoms with E-state index >= 15 is 0 Å². The van der Waals surface area contributed by atoms with Gasteiger partial charge < -0.3 is 0 Å². The molecule has 1 radical (unpaired) electrons. The zero-order valence-corrected chi connectivity index (χ0v) is 7.64. The minimum atomic E-state index is 1.03. The van der Waals surface area contributed by atoms with E-state index in [-0.39, 0.29) is 0 Å². The molecule has 0 bridgehead atoms. The summed E-state index contributed by atoms with van der Waals surface area (Å²) in [6, 6.07) is 0. The Morgan fingerprint density at radius 1 is 1.78 bits per heavy atom. The zero-order valence-electron chi connectivity index (χ0n) is 5.48. The highest BCUT2D eigenvalue weighted by Crippen LogP contribution is 2.09. The first-order valence-electron chi connectivity index (χ1n) is 2.84. The summed E-state index contributed by atoms with van der Waals surface area (Å²) in [5.41, 5.74) is 1.26. The largest absolute Gasteiger partial charge is 0.271 e. The molecule has 0 aliphatic carbocycles. The number of hydrogen-bond donors (Lipinski definition) is 0. The first kappa shape index (κ1) is 7.05. The van der Waals surface area contributed by atoms with Crippen molar-refractivity contribution in [1.82, 2.24) is 9.78 Å². The Labute approximate surface area is 68.4 Å². The van der Waals surface area contributed by atoms with E-state index in [1.165, 1.54) is 5.69 Å². The summed E-state index contributed by atoms with van der Waals surface area (Å²) in [5.74, 6) is 0. The molecule has 1 heterocycles. The van der Waals surface area contributed by atoms with E-state index in [4.69, 9.17) is 0 Å². The van der Waals surface area contributed by atoms with Gasteiger partial charge in [-0.15, -0.1) is 0 Å². The van der Waals surface area contributed by atoms with Gasteiger partial charge in [0.15, 0.2) is 0 Å². The molecule has 49 valence electrons. The normalized spacial score (nSPS) is 10.1. The summed E-state index contributed by atoms with van der Waals surface area (Å²) in [6.45, 7) is 2.12. The Balaban J connectivity index is 3.07. The molecule has 1 aromatic rings. The van der Waals surface area contributed by atoms with Crippen LogP contribution < -0.4 is 0 Å². The lowest BCUT2D eigenvalue weighted by atomic mass is 10.3. The van der Waals surface area contributed by atoms with E-state index in [0.717, 1.165) is 9.99 Å². The van der Waals surface area contributed by atoms with Crippen LogP contribution in [-0.4, -0.2) is 9.78 Å². The highest BCUT2D eigenvalue weighted by atomic mass is 127. The van der Waals surface area contributed by atoms with Crippen molar-refractivity contribution in [2.75, 3.05) is 0 Å². The lowest BCUT2D eigenvalue weighted by Gasteiger charge is -1.95. The third kappa shape index (κ3) is 1.26. The van der Waals surface area contributed by atoms with Gasteiger partial charge in [0.25, 0.3) is 0 Å². The van der Waals surface area contributed by atoms with Crippen LogP contribution in [0.2, 0.25) is 0 Å². The third-order valence-corrected chi connectivity index (χ3v) is 2.14. The van der Waals surface area contributed by atoms with Crippen LogP contribution >= 0.6 is 22.6 Å². The first-order valence-corrected chi connectivity index (χ1v) is 3.92. The second-order valence-electron chi connectivity index (χ2n) is 1.85. The molecule has 0 aromatic carbocycles. The van der Waals surface area contributed by atoms with Gasteiger partial charge in [-0.3, -0.25) is 4.68 Å². The van der Waals surface area contributed by atoms with Gasteiger partial charge in [-0.05, 0) is 29.0 Å². The summed E-state index contributed by atoms with van der Waals surface area (Å²) in [5, 5.41) is 3.97. The molecule has 0 atom stereocenters. The van der Waals surface area contributed by atoms with E-state index in [9.17, 15) is 0 Å². The Morgan fingerprint density at radius 3 is 2.67 bits per heavy atom. The Morgan fingerprint density at radius 2 is 2.44 bits per heavy atom. The number of halogens is 1. The number of hydrogen-bond acceptors (Lipinski definition) is 1. The highest BCUT2D eigenvalue weighted by molar-refractivity contribution is 14.1. The Kier molecular flexibility index (Phi) is 2.10. The number of rotatable bonds is 1. The van der Waals surface area contributed by atoms with E-state index < -0.39 is 0 Å². The SMILES string of the molecule is CCc1c(I)[c]nn1C. The van der Waals surface area contributed by atoms with Gasteiger partial charge in [-0.25, -0.2) is 0 Å². The Bertz CT molecular complexity index is 185. The standard InChI is InChI=1S/C6H8IN2/c1-3-6-5(7)4-8-9(6)2/h3H2,1-2H3. The summed E-state index contributed by atoms with van der Waals surface area (Å²) in [4.78, 5) is 0. The third-order valence-electron chi connectivity index (χ3n) is 1.28. The average molecular weight is 235 g/mol. The maximum Gasteiger partial charge on any atom is 0.127 e. The fourth-order valence-electron chi connectivity index (χ4n) is 0.770. The van der Waals surface area contributed by atoms with Crippen molar-refractivity contribution in [3.05, 3.63) is 15.5 Å². The average Bonchev–Trinajstić information content (AvgIpc) is 2.12. The van der Waals surface area contributed by atoms with Crippen LogP contribution in [0.4, 0.5) is 0 Å². The molecule has 2 nitrogen and oxygen atoms in total. The topological polar surface area (TPSA) is 17.8 Å². The van der Waals surface area contributed by atoms with Crippen molar-refractivity contribution in [2.45, 2.75) is 13.3 Å². The van der Waals surface area contributed by atoms with Crippen LogP contribution in [0.1, 0.15) is 12.6 Å². The molecular weight excluding hydrogens is 227 g/mol. The van der Waals surface area contributed by atoms with Crippen molar-refractivity contribution in [3.63, 3.8) is 0 Å². The summed E-state index contributed by atoms with van der Waals surface area (Å²) >= 11 is 2.24. The summed E-state index contributed by atoms with van der Waals surface area (Å²) in [7, 11) is 1.94. The van der Waals surface area contributed by atoms with Gasteiger partial charge in [-0.2, -0.15) is 5.10 Å². The van der Waals surface area contributed by atoms with Crippen LogP contribution in [0.3, 0.4) is 0 Å². The minimum absolute atomic E-state index is 1.03. The maximum absolute atomic E-state index is 3.97. The van der Waals surface area contributed by atoms with Crippen LogP contribution in [0.25, 0.3) is 0 Å². The molecule has 0 fully saturated rings. The highest BCUT2D eigenvalue weighted by Gasteiger charge is 2.01. The fraction of sp³-hybridized carbons (Fsp3) is 0.500. The lowest BCUT2D eigenvalue weighted by Crippen LogP contribution is -1.96. The second-order valence-corrected chi connectivity index (χ2v) is 2.93. The van der Waals surface area contributed by atoms with Gasteiger partial charge in [-0.1, -0.05) is 6.92 Å². The smallest absolute Gasteiger partial charge is 0.127 e. The van der Waals surface area contributed by atoms with E-state index in [0.29, 0.717) is 0 Å². The second kappa shape index (κ2) is 2.68. The molecule has 0 amide bonds. The number of aryl methyl sites for hydroxylation is 1. The van der Waals surface area contributed by atoms with Crippen LogP contribution in [0, 0.1) is 9.77 Å². The van der Waals surface area contributed by atoms with Gasteiger partial charge >= 0.3 is 0 Å². The van der Waals surface area contributed by atoms with Gasteiger partial charge in [0.05, 0.1) is 9.26 Å². The van der Waals surface area contributed by atoms with Gasteiger partial charge in [0.1, 0.15) is 6.20 Å². The molecule has 3 heteroatoms. The van der Waals surface area contributed by atoms with Crippen LogP contribution in [0.15, 0.2) is 0 Å². The number of nitrogens with zero attached hydrogens (tertiary/aromatic N) is 2. The first-order chi connectivity index (χ1) is 4.25. The molecule has 0 saturated carbocycles. The monoisotopic (exact) mass is 235 g/mol. The molecule has 1 aromatic heterocycles. The van der Waals surface area contributed by atoms with Gasteiger partial charge in [0.2, 0.25) is 0 Å². The molecular formula is C6H8IN2. The Hall–Kier alpha value is -0.0600. The van der Waals surface area contributed by atoms with Crippen molar-refractivity contribution in [2.24, 2.45) is 7.05 Å². The summed E-state index contributed by atoms with van der Waals surface area (Å²) in [6.07, 6.45) is 3.92. The zero-order chi connectivity index (χ0) is 6.85. The summed E-state index contributed by atoms with van der Waals surface area (Å²) < 4.78 is 3.00. The molecule has 0 saturated heterocycles. The van der Waals surface area contributed by atoms with Gasteiger partial charge in [0, 0.05) is 7.05 Å². The maximum atomic E-state index is 3.97. The van der Waals surface area contributed by atoms with E-state index in [2.05, 4.69) is 40.8 Å². The predicted molar refractivity (Wildman–Crippen MR) is 44.1 cm³/mol. The van der Waals surface area contributed by atoms with Crippen molar-refractivity contribution in [1.29, 1.82) is 0 Å². The van der Waals surface area contributed by atoms with Crippen molar-refractivity contribution in [3.8, 4) is 0 Å². The molecule has 0 spiro atoms. The lowest BCUT2D eigenvalue weighted by molar-refractivity contribution is 0.715. The predicted octanol–water partition coefficient (Wildman–Crippen LogP) is 1.39. The molecule has 1 rings (SSSR count). The van der Waals surface area contributed by atoms with Crippen molar-refractivity contribution >= 4 is 22.6 Å². The van der Waals surface area contributed by atoms with Crippen LogP contribution in [-0.2, 0) is 13.5 Å². The van der Waals surface area contributed by atoms with Crippen LogP contribution in [0.5, 0.6) is 0 Å². The molecule has 0 aliphatic rings. The van der Waals surface area contributed by atoms with E-state index in [1.54, 1.807) is 0 Å².